The standard InChI is InChI=1S/C12H11BrN4OS/c1-6-7(2)16-17-12(10(6)11(14)19)18-9-3-8(13)4-15-5-9/h3-5H,1-2H3,(H2,14,19). The first kappa shape index (κ1) is 13.8. The van der Waals surface area contributed by atoms with Crippen molar-refractivity contribution >= 4 is 33.1 Å². The first-order chi connectivity index (χ1) is 8.99. The summed E-state index contributed by atoms with van der Waals surface area (Å²) in [5.74, 6) is 0.819. The minimum atomic E-state index is 0.230. The van der Waals surface area contributed by atoms with Gasteiger partial charge < -0.3 is 10.5 Å². The number of rotatable bonds is 3. The van der Waals surface area contributed by atoms with Gasteiger partial charge in [-0.25, -0.2) is 0 Å². The monoisotopic (exact) mass is 338 g/mol. The molecule has 0 radical (unpaired) electrons. The van der Waals surface area contributed by atoms with Crippen molar-refractivity contribution in [2.45, 2.75) is 13.8 Å². The highest BCUT2D eigenvalue weighted by Gasteiger charge is 2.15. The van der Waals surface area contributed by atoms with E-state index in [1.165, 1.54) is 0 Å². The van der Waals surface area contributed by atoms with E-state index in [2.05, 4.69) is 31.1 Å². The molecule has 2 aromatic heterocycles. The minimum Gasteiger partial charge on any atom is -0.435 e. The van der Waals surface area contributed by atoms with E-state index in [0.717, 1.165) is 15.7 Å². The van der Waals surface area contributed by atoms with Crippen LogP contribution in [-0.4, -0.2) is 20.2 Å². The quantitative estimate of drug-likeness (QED) is 0.867. The second-order valence-corrected chi connectivity index (χ2v) is 5.25. The number of nitrogens with zero attached hydrogens (tertiary/aromatic N) is 3. The highest BCUT2D eigenvalue weighted by atomic mass is 79.9. The van der Waals surface area contributed by atoms with Crippen LogP contribution in [0.15, 0.2) is 22.9 Å². The van der Waals surface area contributed by atoms with Crippen molar-refractivity contribution in [3.63, 3.8) is 0 Å². The van der Waals surface area contributed by atoms with Gasteiger partial charge in [-0.2, -0.15) is 5.10 Å². The molecule has 0 aliphatic carbocycles. The summed E-state index contributed by atoms with van der Waals surface area (Å²) in [6.45, 7) is 3.72. The molecule has 7 heteroatoms. The predicted octanol–water partition coefficient (Wildman–Crippen LogP) is 2.68. The number of pyridine rings is 1. The average molecular weight is 339 g/mol. The number of thiocarbonyl (C=S) groups is 1. The van der Waals surface area contributed by atoms with E-state index in [0.29, 0.717) is 11.3 Å². The molecule has 98 valence electrons. The Morgan fingerprint density at radius 3 is 2.68 bits per heavy atom. The van der Waals surface area contributed by atoms with Gasteiger partial charge >= 0.3 is 0 Å². The maximum atomic E-state index is 5.73. The molecule has 5 nitrogen and oxygen atoms in total. The van der Waals surface area contributed by atoms with Crippen LogP contribution in [0.3, 0.4) is 0 Å². The van der Waals surface area contributed by atoms with Crippen LogP contribution in [0.25, 0.3) is 0 Å². The maximum Gasteiger partial charge on any atom is 0.249 e. The van der Waals surface area contributed by atoms with Gasteiger partial charge in [0.1, 0.15) is 10.7 Å². The van der Waals surface area contributed by atoms with Crippen LogP contribution in [0.5, 0.6) is 11.6 Å². The van der Waals surface area contributed by atoms with Crippen LogP contribution in [0, 0.1) is 13.8 Å². The van der Waals surface area contributed by atoms with E-state index < -0.39 is 0 Å². The lowest BCUT2D eigenvalue weighted by atomic mass is 10.1. The number of hydrogen-bond acceptors (Lipinski definition) is 5. The predicted molar refractivity (Wildman–Crippen MR) is 79.4 cm³/mol. The van der Waals surface area contributed by atoms with Crippen LogP contribution in [-0.2, 0) is 0 Å². The SMILES string of the molecule is Cc1nnc(Oc2cncc(Br)c2)c(C(N)=S)c1C. The number of halogens is 1. The molecule has 0 spiro atoms. The Hall–Kier alpha value is -1.60. The summed E-state index contributed by atoms with van der Waals surface area (Å²) in [4.78, 5) is 4.24. The Morgan fingerprint density at radius 2 is 2.05 bits per heavy atom. The van der Waals surface area contributed by atoms with Gasteiger partial charge in [-0.15, -0.1) is 5.10 Å². The Balaban J connectivity index is 2.46. The van der Waals surface area contributed by atoms with Crippen LogP contribution in [0.4, 0.5) is 0 Å². The molecule has 0 atom stereocenters. The van der Waals surface area contributed by atoms with Gasteiger partial charge in [0.25, 0.3) is 0 Å². The molecule has 2 aromatic rings. The van der Waals surface area contributed by atoms with Gasteiger partial charge in [0.15, 0.2) is 0 Å². The molecule has 0 amide bonds. The van der Waals surface area contributed by atoms with Gasteiger partial charge in [-0.1, -0.05) is 12.2 Å². The zero-order valence-electron chi connectivity index (χ0n) is 10.3. The zero-order chi connectivity index (χ0) is 14.0. The lowest BCUT2D eigenvalue weighted by Crippen LogP contribution is -2.15. The Morgan fingerprint density at radius 1 is 1.32 bits per heavy atom. The third-order valence-corrected chi connectivity index (χ3v) is 3.20. The number of aryl methyl sites for hydroxylation is 1. The molecule has 19 heavy (non-hydrogen) atoms. The third-order valence-electron chi connectivity index (χ3n) is 2.56. The fourth-order valence-electron chi connectivity index (χ4n) is 1.51. The van der Waals surface area contributed by atoms with Gasteiger partial charge in [0.05, 0.1) is 17.5 Å². The van der Waals surface area contributed by atoms with Crippen molar-refractivity contribution in [2.75, 3.05) is 0 Å². The Labute approximate surface area is 124 Å². The Bertz CT molecular complexity index is 648. The van der Waals surface area contributed by atoms with Crippen LogP contribution < -0.4 is 10.5 Å². The van der Waals surface area contributed by atoms with Crippen molar-refractivity contribution in [1.29, 1.82) is 0 Å². The Kier molecular flexibility index (Phi) is 4.06. The summed E-state index contributed by atoms with van der Waals surface area (Å²) in [5.41, 5.74) is 7.95. The van der Waals surface area contributed by atoms with Crippen molar-refractivity contribution in [1.82, 2.24) is 15.2 Å². The van der Waals surface area contributed by atoms with Gasteiger partial charge in [-0.05, 0) is 41.4 Å². The summed E-state index contributed by atoms with van der Waals surface area (Å²) in [7, 11) is 0. The van der Waals surface area contributed by atoms with E-state index in [4.69, 9.17) is 22.7 Å². The normalized spacial score (nSPS) is 10.3. The highest BCUT2D eigenvalue weighted by molar-refractivity contribution is 9.10. The van der Waals surface area contributed by atoms with Gasteiger partial charge in [-0.3, -0.25) is 4.98 Å². The summed E-state index contributed by atoms with van der Waals surface area (Å²) in [6.07, 6.45) is 3.23. The number of ether oxygens (including phenoxy) is 1. The van der Waals surface area contributed by atoms with Gasteiger partial charge in [0.2, 0.25) is 5.88 Å². The molecular weight excluding hydrogens is 328 g/mol. The molecule has 0 fully saturated rings. The molecule has 2 heterocycles. The zero-order valence-corrected chi connectivity index (χ0v) is 12.7. The first-order valence-electron chi connectivity index (χ1n) is 5.41. The van der Waals surface area contributed by atoms with Crippen molar-refractivity contribution < 1.29 is 4.74 Å². The lowest BCUT2D eigenvalue weighted by molar-refractivity contribution is 0.450. The molecule has 0 aliphatic heterocycles. The smallest absolute Gasteiger partial charge is 0.249 e. The first-order valence-corrected chi connectivity index (χ1v) is 6.61. The van der Waals surface area contributed by atoms with Crippen molar-refractivity contribution in [2.24, 2.45) is 5.73 Å². The fourth-order valence-corrected chi connectivity index (χ4v) is 2.09. The van der Waals surface area contributed by atoms with Crippen molar-refractivity contribution in [3.05, 3.63) is 39.8 Å². The van der Waals surface area contributed by atoms with Crippen molar-refractivity contribution in [3.8, 4) is 11.6 Å². The second-order valence-electron chi connectivity index (χ2n) is 3.90. The molecular formula is C12H11BrN4OS. The van der Waals surface area contributed by atoms with E-state index >= 15 is 0 Å². The molecule has 0 aliphatic rings. The van der Waals surface area contributed by atoms with E-state index in [-0.39, 0.29) is 10.9 Å². The second kappa shape index (κ2) is 5.58. The molecule has 2 N–H and O–H groups in total. The molecule has 0 aromatic carbocycles. The van der Waals surface area contributed by atoms with Gasteiger partial charge in [0, 0.05) is 10.7 Å². The molecule has 0 unspecified atom stereocenters. The van der Waals surface area contributed by atoms with E-state index in [9.17, 15) is 0 Å². The summed E-state index contributed by atoms with van der Waals surface area (Å²) < 4.78 is 6.46. The van der Waals surface area contributed by atoms with Crippen LogP contribution in [0.1, 0.15) is 16.8 Å². The van der Waals surface area contributed by atoms with E-state index in [1.54, 1.807) is 18.5 Å². The highest BCUT2D eigenvalue weighted by Crippen LogP contribution is 2.26. The molecule has 0 saturated heterocycles. The van der Waals surface area contributed by atoms with E-state index in [1.807, 2.05) is 13.8 Å². The molecule has 2 rings (SSSR count). The number of nitrogens with two attached hydrogens (primary N) is 1. The summed E-state index contributed by atoms with van der Waals surface area (Å²) >= 11 is 8.36. The third kappa shape index (κ3) is 3.05. The number of hydrogen-bond donors (Lipinski definition) is 1. The molecule has 0 bridgehead atoms. The number of aromatic nitrogens is 3. The maximum absolute atomic E-state index is 5.73. The lowest BCUT2D eigenvalue weighted by Gasteiger charge is -2.12. The fraction of sp³-hybridized carbons (Fsp3) is 0.167. The minimum absolute atomic E-state index is 0.230. The molecule has 0 saturated carbocycles. The van der Waals surface area contributed by atoms with Crippen LogP contribution in [0.2, 0.25) is 0 Å². The summed E-state index contributed by atoms with van der Waals surface area (Å²) in [5, 5.41) is 8.02. The topological polar surface area (TPSA) is 73.9 Å². The summed E-state index contributed by atoms with van der Waals surface area (Å²) in [6, 6.07) is 1.77. The van der Waals surface area contributed by atoms with Crippen LogP contribution >= 0.6 is 28.1 Å². The average Bonchev–Trinajstić information content (AvgIpc) is 2.33. The largest absolute Gasteiger partial charge is 0.435 e.